The molecular weight excluding hydrogens is 468 g/mol. The predicted octanol–water partition coefficient (Wildman–Crippen LogP) is 3.95. The van der Waals surface area contributed by atoms with Crippen LogP contribution in [0, 0.1) is 0 Å². The van der Waals surface area contributed by atoms with Gasteiger partial charge in [0, 0.05) is 37.8 Å². The van der Waals surface area contributed by atoms with E-state index in [1.807, 2.05) is 42.5 Å². The number of nitrogens with zero attached hydrogens (tertiary/aromatic N) is 4. The van der Waals surface area contributed by atoms with E-state index in [-0.39, 0.29) is 11.6 Å². The van der Waals surface area contributed by atoms with Crippen LogP contribution in [0.4, 0.5) is 5.13 Å². The van der Waals surface area contributed by atoms with Gasteiger partial charge in [-0.25, -0.2) is 4.98 Å². The molecule has 35 heavy (non-hydrogen) atoms. The topological polar surface area (TPSA) is 90.2 Å². The minimum absolute atomic E-state index is 0.226. The van der Waals surface area contributed by atoms with Crippen LogP contribution in [-0.2, 0) is 4.74 Å². The summed E-state index contributed by atoms with van der Waals surface area (Å²) in [6.07, 6.45) is 0. The summed E-state index contributed by atoms with van der Waals surface area (Å²) in [5, 5.41) is 4.63. The van der Waals surface area contributed by atoms with Crippen LogP contribution in [0.15, 0.2) is 53.1 Å². The molecule has 1 amide bonds. The van der Waals surface area contributed by atoms with Crippen molar-refractivity contribution < 1.29 is 23.5 Å². The summed E-state index contributed by atoms with van der Waals surface area (Å²) >= 11 is 1.39. The van der Waals surface area contributed by atoms with Gasteiger partial charge in [0.1, 0.15) is 21.7 Å². The Morgan fingerprint density at radius 1 is 1.09 bits per heavy atom. The summed E-state index contributed by atoms with van der Waals surface area (Å²) in [7, 11) is 3.21. The first-order chi connectivity index (χ1) is 17.2. The molecule has 2 aromatic heterocycles. The van der Waals surface area contributed by atoms with Gasteiger partial charge in [-0.15, -0.1) is 0 Å². The fourth-order valence-electron chi connectivity index (χ4n) is 3.99. The molecule has 0 N–H and O–H groups in total. The number of fused-ring (bicyclic) bond motifs is 1. The SMILES string of the molecule is COc1ccc(OC)c2sc(N(CCN3CCOCC3)C(=O)c3cc(-c4ccccc4)on3)nc12. The highest BCUT2D eigenvalue weighted by Crippen LogP contribution is 2.40. The Morgan fingerprint density at radius 2 is 1.83 bits per heavy atom. The van der Waals surface area contributed by atoms with Crippen molar-refractivity contribution in [3.63, 3.8) is 0 Å². The van der Waals surface area contributed by atoms with Crippen molar-refractivity contribution in [1.29, 1.82) is 0 Å². The van der Waals surface area contributed by atoms with E-state index in [2.05, 4.69) is 10.1 Å². The summed E-state index contributed by atoms with van der Waals surface area (Å²) in [5.74, 6) is 1.56. The van der Waals surface area contributed by atoms with Gasteiger partial charge >= 0.3 is 0 Å². The fraction of sp³-hybridized carbons (Fsp3) is 0.320. The molecule has 0 radical (unpaired) electrons. The van der Waals surface area contributed by atoms with Crippen LogP contribution in [-0.4, -0.2) is 74.6 Å². The maximum Gasteiger partial charge on any atom is 0.282 e. The van der Waals surface area contributed by atoms with E-state index in [4.69, 9.17) is 23.7 Å². The third kappa shape index (κ3) is 4.86. The summed E-state index contributed by atoms with van der Waals surface area (Å²) in [6.45, 7) is 4.15. The molecule has 1 saturated heterocycles. The largest absolute Gasteiger partial charge is 0.495 e. The number of hydrogen-bond acceptors (Lipinski definition) is 9. The lowest BCUT2D eigenvalue weighted by molar-refractivity contribution is 0.0391. The van der Waals surface area contributed by atoms with Gasteiger partial charge in [0.15, 0.2) is 16.6 Å². The van der Waals surface area contributed by atoms with E-state index < -0.39 is 0 Å². The van der Waals surface area contributed by atoms with E-state index in [0.717, 1.165) is 23.4 Å². The van der Waals surface area contributed by atoms with Crippen LogP contribution in [0.2, 0.25) is 0 Å². The van der Waals surface area contributed by atoms with Crippen LogP contribution >= 0.6 is 11.3 Å². The van der Waals surface area contributed by atoms with Gasteiger partial charge in [-0.2, -0.15) is 0 Å². The first-order valence-corrected chi connectivity index (χ1v) is 12.1. The third-order valence-electron chi connectivity index (χ3n) is 5.91. The zero-order chi connectivity index (χ0) is 24.2. The Morgan fingerprint density at radius 3 is 2.57 bits per heavy atom. The molecule has 3 heterocycles. The van der Waals surface area contributed by atoms with Gasteiger partial charge in [-0.3, -0.25) is 14.6 Å². The molecule has 0 bridgehead atoms. The lowest BCUT2D eigenvalue weighted by atomic mass is 10.1. The normalized spacial score (nSPS) is 14.2. The van der Waals surface area contributed by atoms with Crippen molar-refractivity contribution in [2.75, 3.05) is 58.5 Å². The third-order valence-corrected chi connectivity index (χ3v) is 7.00. The van der Waals surface area contributed by atoms with Crippen LogP contribution in [0.3, 0.4) is 0 Å². The highest BCUT2D eigenvalue weighted by atomic mass is 32.1. The van der Waals surface area contributed by atoms with Gasteiger partial charge in [0.2, 0.25) is 0 Å². The molecule has 0 atom stereocenters. The molecule has 0 spiro atoms. The van der Waals surface area contributed by atoms with E-state index in [9.17, 15) is 4.79 Å². The van der Waals surface area contributed by atoms with Crippen molar-refractivity contribution in [2.24, 2.45) is 0 Å². The standard InChI is InChI=1S/C25H26N4O5S/c1-31-19-8-9-20(32-2)23-22(19)26-25(35-23)29(11-10-28-12-14-33-15-13-28)24(30)18-16-21(34-27-18)17-6-4-3-5-7-17/h3-9,16H,10-15H2,1-2H3. The van der Waals surface area contributed by atoms with Crippen molar-refractivity contribution >= 4 is 32.6 Å². The van der Waals surface area contributed by atoms with Crippen LogP contribution in [0.25, 0.3) is 21.5 Å². The second kappa shape index (κ2) is 10.4. The number of amides is 1. The van der Waals surface area contributed by atoms with Crippen molar-refractivity contribution in [3.05, 3.63) is 54.2 Å². The zero-order valence-corrected chi connectivity index (χ0v) is 20.4. The van der Waals surface area contributed by atoms with Gasteiger partial charge in [-0.1, -0.05) is 46.8 Å². The highest BCUT2D eigenvalue weighted by Gasteiger charge is 2.27. The van der Waals surface area contributed by atoms with Gasteiger partial charge in [0.25, 0.3) is 5.91 Å². The fourth-order valence-corrected chi connectivity index (χ4v) is 5.09. The average molecular weight is 495 g/mol. The monoisotopic (exact) mass is 494 g/mol. The summed E-state index contributed by atoms with van der Waals surface area (Å²) in [4.78, 5) is 22.4. The van der Waals surface area contributed by atoms with Crippen molar-refractivity contribution in [3.8, 4) is 22.8 Å². The van der Waals surface area contributed by atoms with Gasteiger partial charge < -0.3 is 18.7 Å². The predicted molar refractivity (Wildman–Crippen MR) is 134 cm³/mol. The second-order valence-electron chi connectivity index (χ2n) is 8.00. The number of carbonyl (C=O) groups excluding carboxylic acids is 1. The lowest BCUT2D eigenvalue weighted by Crippen LogP contribution is -2.43. The maximum absolute atomic E-state index is 13.7. The first kappa shape index (κ1) is 23.3. The smallest absolute Gasteiger partial charge is 0.282 e. The Kier molecular flexibility index (Phi) is 6.94. The molecule has 1 aliphatic heterocycles. The van der Waals surface area contributed by atoms with Crippen molar-refractivity contribution in [2.45, 2.75) is 0 Å². The average Bonchev–Trinajstić information content (AvgIpc) is 3.58. The van der Waals surface area contributed by atoms with E-state index in [0.29, 0.717) is 54.2 Å². The molecule has 182 valence electrons. The number of anilines is 1. The minimum atomic E-state index is -0.277. The number of methoxy groups -OCH3 is 2. The number of aromatic nitrogens is 2. The molecule has 10 heteroatoms. The maximum atomic E-state index is 13.7. The lowest BCUT2D eigenvalue weighted by Gasteiger charge is -2.28. The van der Waals surface area contributed by atoms with E-state index in [1.165, 1.54) is 11.3 Å². The van der Waals surface area contributed by atoms with Crippen molar-refractivity contribution in [1.82, 2.24) is 15.0 Å². The molecule has 0 saturated carbocycles. The first-order valence-electron chi connectivity index (χ1n) is 11.3. The molecule has 9 nitrogen and oxygen atoms in total. The zero-order valence-electron chi connectivity index (χ0n) is 19.6. The molecular formula is C25H26N4O5S. The van der Waals surface area contributed by atoms with E-state index in [1.54, 1.807) is 25.2 Å². The number of hydrogen-bond donors (Lipinski definition) is 0. The van der Waals surface area contributed by atoms with Crippen LogP contribution in [0.5, 0.6) is 11.5 Å². The molecule has 0 aliphatic carbocycles. The molecule has 2 aromatic carbocycles. The molecule has 5 rings (SSSR count). The highest BCUT2D eigenvalue weighted by molar-refractivity contribution is 7.22. The van der Waals surface area contributed by atoms with Crippen LogP contribution < -0.4 is 14.4 Å². The van der Waals surface area contributed by atoms with Gasteiger partial charge in [0.05, 0.1) is 27.4 Å². The Hall–Kier alpha value is -3.47. The second-order valence-corrected chi connectivity index (χ2v) is 8.98. The quantitative estimate of drug-likeness (QED) is 0.364. The minimum Gasteiger partial charge on any atom is -0.495 e. The Bertz CT molecular complexity index is 1260. The Labute approximate surface area is 206 Å². The van der Waals surface area contributed by atoms with Gasteiger partial charge in [-0.05, 0) is 12.1 Å². The molecule has 1 aliphatic rings. The summed E-state index contributed by atoms with van der Waals surface area (Å²) in [6, 6.07) is 14.9. The number of carbonyl (C=O) groups is 1. The Balaban J connectivity index is 1.49. The molecule has 1 fully saturated rings. The number of rotatable bonds is 8. The summed E-state index contributed by atoms with van der Waals surface area (Å²) < 4.78 is 22.8. The number of benzene rings is 2. The molecule has 0 unspecified atom stereocenters. The van der Waals surface area contributed by atoms with Crippen LogP contribution in [0.1, 0.15) is 10.5 Å². The van der Waals surface area contributed by atoms with E-state index >= 15 is 0 Å². The number of thiazole rings is 1. The molecule has 4 aromatic rings. The summed E-state index contributed by atoms with van der Waals surface area (Å²) in [5.41, 5.74) is 1.73. The number of morpholine rings is 1. The number of ether oxygens (including phenoxy) is 3.